The number of hydrogen-bond donors (Lipinski definition) is 3. The van der Waals surface area contributed by atoms with Crippen molar-refractivity contribution < 1.29 is 9.59 Å². The molecule has 0 saturated carbocycles. The Kier molecular flexibility index (Phi) is 7.30. The molecule has 0 aromatic carbocycles. The van der Waals surface area contributed by atoms with Crippen LogP contribution < -0.4 is 16.0 Å². The van der Waals surface area contributed by atoms with Gasteiger partial charge in [-0.3, -0.25) is 14.5 Å². The lowest BCUT2D eigenvalue weighted by molar-refractivity contribution is -0.124. The van der Waals surface area contributed by atoms with Crippen LogP contribution in [0.25, 0.3) is 0 Å². The highest BCUT2D eigenvalue weighted by Crippen LogP contribution is 2.22. The molecule has 2 amide bonds. The molecule has 2 unspecified atom stereocenters. The second-order valence-corrected chi connectivity index (χ2v) is 7.08. The Hall–Kier alpha value is -1.14. The summed E-state index contributed by atoms with van der Waals surface area (Å²) in [5, 5.41) is 9.27. The molecule has 0 aliphatic carbocycles. The molecule has 2 heterocycles. The van der Waals surface area contributed by atoms with E-state index in [9.17, 15) is 9.59 Å². The van der Waals surface area contributed by atoms with Gasteiger partial charge in [-0.25, -0.2) is 0 Å². The number of likely N-dealkylation sites (N-methyl/N-ethyl adjacent to an activating group) is 1. The lowest BCUT2D eigenvalue weighted by atomic mass is 9.85. The maximum Gasteiger partial charge on any atom is 0.233 e. The zero-order valence-corrected chi connectivity index (χ0v) is 14.6. The van der Waals surface area contributed by atoms with Crippen molar-refractivity contribution in [3.05, 3.63) is 0 Å². The lowest BCUT2D eigenvalue weighted by Gasteiger charge is -2.32. The Morgan fingerprint density at radius 3 is 2.57 bits per heavy atom. The highest BCUT2D eigenvalue weighted by molar-refractivity contribution is 5.77. The number of likely N-dealkylation sites (tertiary alicyclic amines) is 1. The number of carbonyl (C=O) groups excluding carboxylic acids is 2. The Morgan fingerprint density at radius 2 is 1.96 bits per heavy atom. The van der Waals surface area contributed by atoms with Gasteiger partial charge < -0.3 is 16.0 Å². The monoisotopic (exact) mass is 324 g/mol. The molecular formula is C17H32N4O2. The SMILES string of the molecule is CNC(=O)CN1CCC(NC(=O)CC(C)C2CCCNC2)CC1. The summed E-state index contributed by atoms with van der Waals surface area (Å²) in [4.78, 5) is 25.8. The van der Waals surface area contributed by atoms with E-state index < -0.39 is 0 Å². The van der Waals surface area contributed by atoms with E-state index in [-0.39, 0.29) is 17.9 Å². The third-order valence-electron chi connectivity index (χ3n) is 5.25. The van der Waals surface area contributed by atoms with E-state index in [1.54, 1.807) is 7.05 Å². The highest BCUT2D eigenvalue weighted by Gasteiger charge is 2.25. The molecule has 2 fully saturated rings. The molecule has 6 heteroatoms. The summed E-state index contributed by atoms with van der Waals surface area (Å²) in [7, 11) is 1.66. The minimum atomic E-state index is 0.0578. The molecule has 0 radical (unpaired) electrons. The van der Waals surface area contributed by atoms with Crippen LogP contribution in [-0.4, -0.2) is 62.5 Å². The molecule has 2 aliphatic rings. The van der Waals surface area contributed by atoms with Gasteiger partial charge in [0.1, 0.15) is 0 Å². The predicted octanol–water partition coefficient (Wildman–Crippen LogP) is 0.339. The summed E-state index contributed by atoms with van der Waals surface area (Å²) < 4.78 is 0. The van der Waals surface area contributed by atoms with Crippen molar-refractivity contribution in [2.45, 2.75) is 45.1 Å². The fraction of sp³-hybridized carbons (Fsp3) is 0.882. The van der Waals surface area contributed by atoms with E-state index in [4.69, 9.17) is 0 Å². The number of amides is 2. The number of piperidine rings is 2. The first-order chi connectivity index (χ1) is 11.1. The van der Waals surface area contributed by atoms with Crippen LogP contribution in [-0.2, 0) is 9.59 Å². The van der Waals surface area contributed by atoms with Crippen molar-refractivity contribution >= 4 is 11.8 Å². The quantitative estimate of drug-likeness (QED) is 0.659. The second-order valence-electron chi connectivity index (χ2n) is 7.08. The Labute approximate surface area is 139 Å². The number of hydrogen-bond acceptors (Lipinski definition) is 4. The van der Waals surface area contributed by atoms with Crippen LogP contribution in [0, 0.1) is 11.8 Å². The number of rotatable bonds is 6. The number of carbonyl (C=O) groups is 2. The molecule has 2 saturated heterocycles. The van der Waals surface area contributed by atoms with Gasteiger partial charge in [0, 0.05) is 32.6 Å². The van der Waals surface area contributed by atoms with Gasteiger partial charge in [-0.2, -0.15) is 0 Å². The molecule has 2 atom stereocenters. The van der Waals surface area contributed by atoms with Gasteiger partial charge in [0.2, 0.25) is 11.8 Å². The van der Waals surface area contributed by atoms with Gasteiger partial charge >= 0.3 is 0 Å². The summed E-state index contributed by atoms with van der Waals surface area (Å²) in [5.74, 6) is 1.32. The topological polar surface area (TPSA) is 73.5 Å². The van der Waals surface area contributed by atoms with Crippen molar-refractivity contribution in [2.75, 3.05) is 39.8 Å². The van der Waals surface area contributed by atoms with Gasteiger partial charge in [0.25, 0.3) is 0 Å². The normalized spacial score (nSPS) is 24.9. The third kappa shape index (κ3) is 6.11. The van der Waals surface area contributed by atoms with Crippen LogP contribution in [0.4, 0.5) is 0 Å². The van der Waals surface area contributed by atoms with Crippen LogP contribution in [0.3, 0.4) is 0 Å². The van der Waals surface area contributed by atoms with Crippen molar-refractivity contribution in [1.82, 2.24) is 20.9 Å². The Balaban J connectivity index is 1.65. The first kappa shape index (κ1) is 18.2. The Morgan fingerprint density at radius 1 is 1.22 bits per heavy atom. The maximum atomic E-state index is 12.3. The van der Waals surface area contributed by atoms with Crippen molar-refractivity contribution in [1.29, 1.82) is 0 Å². The van der Waals surface area contributed by atoms with E-state index in [0.29, 0.717) is 24.8 Å². The van der Waals surface area contributed by atoms with Gasteiger partial charge in [0.05, 0.1) is 6.54 Å². The van der Waals surface area contributed by atoms with E-state index in [2.05, 4.69) is 27.8 Å². The van der Waals surface area contributed by atoms with Gasteiger partial charge in [0.15, 0.2) is 0 Å². The fourth-order valence-corrected chi connectivity index (χ4v) is 3.63. The van der Waals surface area contributed by atoms with Crippen LogP contribution in [0.15, 0.2) is 0 Å². The van der Waals surface area contributed by atoms with Gasteiger partial charge in [-0.15, -0.1) is 0 Å². The van der Waals surface area contributed by atoms with Crippen LogP contribution in [0.2, 0.25) is 0 Å². The zero-order valence-electron chi connectivity index (χ0n) is 14.6. The summed E-state index contributed by atoms with van der Waals surface area (Å²) in [5.41, 5.74) is 0. The molecule has 2 rings (SSSR count). The third-order valence-corrected chi connectivity index (χ3v) is 5.25. The molecule has 2 aliphatic heterocycles. The van der Waals surface area contributed by atoms with Crippen LogP contribution in [0.5, 0.6) is 0 Å². The minimum absolute atomic E-state index is 0.0578. The van der Waals surface area contributed by atoms with Crippen molar-refractivity contribution in [3.8, 4) is 0 Å². The summed E-state index contributed by atoms with van der Waals surface area (Å²) in [6, 6.07) is 0.264. The van der Waals surface area contributed by atoms with Gasteiger partial charge in [-0.05, 0) is 50.6 Å². The number of nitrogens with one attached hydrogen (secondary N) is 3. The average Bonchev–Trinajstić information content (AvgIpc) is 2.57. The molecule has 0 bridgehead atoms. The van der Waals surface area contributed by atoms with Crippen molar-refractivity contribution in [3.63, 3.8) is 0 Å². The molecule has 6 nitrogen and oxygen atoms in total. The minimum Gasteiger partial charge on any atom is -0.358 e. The summed E-state index contributed by atoms with van der Waals surface area (Å²) >= 11 is 0. The first-order valence-electron chi connectivity index (χ1n) is 9.01. The molecular weight excluding hydrogens is 292 g/mol. The van der Waals surface area contributed by atoms with E-state index in [1.807, 2.05) is 0 Å². The zero-order chi connectivity index (χ0) is 16.7. The molecule has 0 aromatic rings. The average molecular weight is 324 g/mol. The highest BCUT2D eigenvalue weighted by atomic mass is 16.2. The molecule has 0 aromatic heterocycles. The van der Waals surface area contributed by atoms with E-state index in [1.165, 1.54) is 12.8 Å². The van der Waals surface area contributed by atoms with E-state index >= 15 is 0 Å². The molecule has 3 N–H and O–H groups in total. The van der Waals surface area contributed by atoms with Crippen LogP contribution in [0.1, 0.15) is 39.0 Å². The molecule has 0 spiro atoms. The predicted molar refractivity (Wildman–Crippen MR) is 91.0 cm³/mol. The fourth-order valence-electron chi connectivity index (χ4n) is 3.63. The molecule has 132 valence electrons. The Bertz CT molecular complexity index is 388. The number of nitrogens with zero attached hydrogens (tertiary/aromatic N) is 1. The van der Waals surface area contributed by atoms with Crippen molar-refractivity contribution in [2.24, 2.45) is 11.8 Å². The largest absolute Gasteiger partial charge is 0.358 e. The van der Waals surface area contributed by atoms with E-state index in [0.717, 1.165) is 39.0 Å². The summed E-state index contributed by atoms with van der Waals surface area (Å²) in [6.07, 6.45) is 4.95. The smallest absolute Gasteiger partial charge is 0.233 e. The maximum absolute atomic E-state index is 12.3. The second kappa shape index (κ2) is 9.23. The standard InChI is InChI=1S/C17H32N4O2/c1-13(14-4-3-7-19-11-14)10-16(22)20-15-5-8-21(9-6-15)12-17(23)18-2/h13-15,19H,3-12H2,1-2H3,(H,18,23)(H,20,22). The van der Waals surface area contributed by atoms with Crippen LogP contribution >= 0.6 is 0 Å². The summed E-state index contributed by atoms with van der Waals surface area (Å²) in [6.45, 7) is 6.57. The first-order valence-corrected chi connectivity index (χ1v) is 9.01. The molecule has 23 heavy (non-hydrogen) atoms. The lowest BCUT2D eigenvalue weighted by Crippen LogP contribution is -2.47. The van der Waals surface area contributed by atoms with Gasteiger partial charge in [-0.1, -0.05) is 6.92 Å².